The highest BCUT2D eigenvalue weighted by molar-refractivity contribution is 5.84. The van der Waals surface area contributed by atoms with Crippen LogP contribution in [-0.2, 0) is 28.3 Å². The van der Waals surface area contributed by atoms with Crippen LogP contribution >= 0.6 is 0 Å². The van der Waals surface area contributed by atoms with Gasteiger partial charge >= 0.3 is 12.0 Å². The van der Waals surface area contributed by atoms with Crippen LogP contribution in [0.2, 0.25) is 0 Å². The maximum Gasteiger partial charge on any atom is 0.326 e. The Bertz CT molecular complexity index is 1490. The molecule has 0 saturated carbocycles. The van der Waals surface area contributed by atoms with Gasteiger partial charge in [0, 0.05) is 13.1 Å². The summed E-state index contributed by atoms with van der Waals surface area (Å²) in [7, 11) is 0. The third kappa shape index (κ3) is 7.31. The Morgan fingerprint density at radius 1 is 0.804 bits per heavy atom. The molecule has 7 heteroatoms. The van der Waals surface area contributed by atoms with Crippen LogP contribution in [0.3, 0.4) is 0 Å². The van der Waals surface area contributed by atoms with Crippen LogP contribution in [0.1, 0.15) is 68.6 Å². The molecular formula is C39H45N3O4. The van der Waals surface area contributed by atoms with Crippen molar-refractivity contribution in [2.45, 2.75) is 65.3 Å². The van der Waals surface area contributed by atoms with Crippen molar-refractivity contribution in [2.75, 3.05) is 13.1 Å². The molecule has 0 spiro atoms. The lowest BCUT2D eigenvalue weighted by molar-refractivity contribution is -0.144. The van der Waals surface area contributed by atoms with E-state index in [0.717, 1.165) is 34.5 Å². The van der Waals surface area contributed by atoms with Gasteiger partial charge in [-0.3, -0.25) is 4.98 Å². The minimum atomic E-state index is -0.942. The molecular weight excluding hydrogens is 574 g/mol. The Hall–Kier alpha value is -4.49. The highest BCUT2D eigenvalue weighted by Gasteiger charge is 2.42. The molecule has 1 N–H and O–H groups in total. The van der Waals surface area contributed by atoms with E-state index >= 15 is 0 Å². The molecule has 0 aliphatic carbocycles. The molecule has 0 radical (unpaired) electrons. The summed E-state index contributed by atoms with van der Waals surface area (Å²) in [5, 5.41) is 10.2. The number of aliphatic carboxylic acids is 1. The number of carboxylic acids is 1. The zero-order valence-corrected chi connectivity index (χ0v) is 27.3. The van der Waals surface area contributed by atoms with E-state index in [1.54, 1.807) is 9.80 Å². The first kappa shape index (κ1) is 32.9. The second-order valence-electron chi connectivity index (χ2n) is 13.3. The Labute approximate surface area is 272 Å². The number of ether oxygens (including phenoxy) is 1. The number of carbonyl (C=O) groups excluding carboxylic acids is 1. The summed E-state index contributed by atoms with van der Waals surface area (Å²) in [6, 6.07) is 35.3. The van der Waals surface area contributed by atoms with Crippen LogP contribution in [0.4, 0.5) is 4.79 Å². The summed E-state index contributed by atoms with van der Waals surface area (Å²) in [6.45, 7) is 9.70. The fourth-order valence-corrected chi connectivity index (χ4v) is 6.71. The van der Waals surface area contributed by atoms with Gasteiger partial charge in [-0.25, -0.2) is 9.59 Å². The standard InChI is InChI=1S/C39H45N3O4/c1-5-29(26-38(2,3)4)35(36(43)44)42-25-24-41(37(42)45)27-33-22-15-23-34(40-33)28-46-39(30-16-9-6-10-17-30,31-18-11-7-12-19-31)32-20-13-8-14-21-32/h6-23,29,35H,5,24-28H2,1-4H3,(H,43,44)/t29-,35-/m0/s1. The van der Waals surface area contributed by atoms with Crippen LogP contribution in [0.5, 0.6) is 0 Å². The number of carboxylic acid groups (broad SMARTS) is 1. The average molecular weight is 620 g/mol. The second-order valence-corrected chi connectivity index (χ2v) is 13.3. The van der Waals surface area contributed by atoms with Crippen LogP contribution in [0.25, 0.3) is 0 Å². The Morgan fingerprint density at radius 3 is 1.80 bits per heavy atom. The molecule has 240 valence electrons. The predicted molar refractivity (Wildman–Crippen MR) is 180 cm³/mol. The Kier molecular flexibility index (Phi) is 10.2. The molecule has 2 amide bonds. The second kappa shape index (κ2) is 14.3. The maximum atomic E-state index is 13.6. The number of pyridine rings is 1. The van der Waals surface area contributed by atoms with Crippen LogP contribution < -0.4 is 0 Å². The molecule has 1 saturated heterocycles. The normalized spacial score (nSPS) is 15.2. The number of aromatic nitrogens is 1. The molecule has 7 nitrogen and oxygen atoms in total. The van der Waals surface area contributed by atoms with Crippen LogP contribution in [-0.4, -0.2) is 51.0 Å². The molecule has 46 heavy (non-hydrogen) atoms. The van der Waals surface area contributed by atoms with Crippen molar-refractivity contribution >= 4 is 12.0 Å². The topological polar surface area (TPSA) is 83.0 Å². The Morgan fingerprint density at radius 2 is 1.33 bits per heavy atom. The molecule has 5 rings (SSSR count). The SMILES string of the molecule is CC[C@@H](CC(C)(C)C)[C@@H](C(=O)O)N1CCN(Cc2cccc(COC(c3ccccc3)(c3ccccc3)c3ccccc3)n2)C1=O. The number of benzene rings is 3. The first-order valence-electron chi connectivity index (χ1n) is 16.2. The van der Waals surface area contributed by atoms with E-state index in [0.29, 0.717) is 26.1 Å². The lowest BCUT2D eigenvalue weighted by Gasteiger charge is -2.36. The van der Waals surface area contributed by atoms with Crippen molar-refractivity contribution in [2.24, 2.45) is 11.3 Å². The summed E-state index contributed by atoms with van der Waals surface area (Å²) < 4.78 is 6.96. The van der Waals surface area contributed by atoms with E-state index in [-0.39, 0.29) is 24.0 Å². The maximum absolute atomic E-state index is 13.6. The monoisotopic (exact) mass is 619 g/mol. The fraction of sp³-hybridized carbons (Fsp3) is 0.359. The minimum Gasteiger partial charge on any atom is -0.480 e. The number of carbonyl (C=O) groups is 2. The fourth-order valence-electron chi connectivity index (χ4n) is 6.71. The molecule has 0 unspecified atom stereocenters. The van der Waals surface area contributed by atoms with Crippen molar-refractivity contribution in [3.8, 4) is 0 Å². The average Bonchev–Trinajstić information content (AvgIpc) is 3.40. The lowest BCUT2D eigenvalue weighted by Crippen LogP contribution is -2.48. The van der Waals surface area contributed by atoms with Gasteiger partial charge in [-0.2, -0.15) is 0 Å². The van der Waals surface area contributed by atoms with Crippen molar-refractivity contribution in [1.82, 2.24) is 14.8 Å². The van der Waals surface area contributed by atoms with E-state index in [4.69, 9.17) is 9.72 Å². The van der Waals surface area contributed by atoms with Gasteiger partial charge in [0.15, 0.2) is 0 Å². The van der Waals surface area contributed by atoms with Crippen molar-refractivity contribution in [3.63, 3.8) is 0 Å². The van der Waals surface area contributed by atoms with Gasteiger partial charge in [0.1, 0.15) is 11.6 Å². The molecule has 3 aromatic carbocycles. The first-order valence-corrected chi connectivity index (χ1v) is 16.2. The first-order chi connectivity index (χ1) is 22.1. The highest BCUT2D eigenvalue weighted by atomic mass is 16.5. The summed E-state index contributed by atoms with van der Waals surface area (Å²) in [5.41, 5.74) is 3.59. The summed E-state index contributed by atoms with van der Waals surface area (Å²) >= 11 is 0. The van der Waals surface area contributed by atoms with E-state index < -0.39 is 17.6 Å². The number of hydrogen-bond acceptors (Lipinski definition) is 4. The predicted octanol–water partition coefficient (Wildman–Crippen LogP) is 7.74. The van der Waals surface area contributed by atoms with Gasteiger partial charge < -0.3 is 19.6 Å². The molecule has 1 aromatic heterocycles. The molecule has 0 bridgehead atoms. The molecule has 1 aliphatic heterocycles. The van der Waals surface area contributed by atoms with Gasteiger partial charge in [0.2, 0.25) is 0 Å². The van der Waals surface area contributed by atoms with Crippen molar-refractivity contribution in [3.05, 3.63) is 137 Å². The summed E-state index contributed by atoms with van der Waals surface area (Å²) in [5.74, 6) is -1.07. The van der Waals surface area contributed by atoms with Crippen molar-refractivity contribution in [1.29, 1.82) is 0 Å². The van der Waals surface area contributed by atoms with E-state index in [9.17, 15) is 14.7 Å². The zero-order chi connectivity index (χ0) is 32.7. The van der Waals surface area contributed by atoms with E-state index in [1.807, 2.05) is 79.7 Å². The van der Waals surface area contributed by atoms with Crippen LogP contribution in [0.15, 0.2) is 109 Å². The third-order valence-corrected chi connectivity index (χ3v) is 8.76. The Balaban J connectivity index is 1.37. The van der Waals surface area contributed by atoms with Gasteiger partial charge in [-0.05, 0) is 46.6 Å². The molecule has 4 aromatic rings. The van der Waals surface area contributed by atoms with Crippen LogP contribution in [0, 0.1) is 11.3 Å². The van der Waals surface area contributed by atoms with Gasteiger partial charge in [0.05, 0.1) is 24.5 Å². The summed E-state index contributed by atoms with van der Waals surface area (Å²) in [4.78, 5) is 34.2. The van der Waals surface area contributed by atoms with Gasteiger partial charge in [-0.15, -0.1) is 0 Å². The largest absolute Gasteiger partial charge is 0.480 e. The lowest BCUT2D eigenvalue weighted by atomic mass is 9.79. The van der Waals surface area contributed by atoms with Gasteiger partial charge in [0.25, 0.3) is 0 Å². The minimum absolute atomic E-state index is 0.0393. The summed E-state index contributed by atoms with van der Waals surface area (Å²) in [6.07, 6.45) is 1.42. The third-order valence-electron chi connectivity index (χ3n) is 8.76. The number of hydrogen-bond donors (Lipinski definition) is 1. The smallest absolute Gasteiger partial charge is 0.326 e. The van der Waals surface area contributed by atoms with E-state index in [1.165, 1.54) is 0 Å². The highest BCUT2D eigenvalue weighted by Crippen LogP contribution is 2.41. The molecule has 2 atom stereocenters. The quantitative estimate of drug-likeness (QED) is 0.155. The zero-order valence-electron chi connectivity index (χ0n) is 27.3. The van der Waals surface area contributed by atoms with E-state index in [2.05, 4.69) is 57.2 Å². The molecule has 1 fully saturated rings. The molecule has 1 aliphatic rings. The molecule has 2 heterocycles. The number of nitrogens with zero attached hydrogens (tertiary/aromatic N) is 3. The van der Waals surface area contributed by atoms with Gasteiger partial charge in [-0.1, -0.05) is 131 Å². The van der Waals surface area contributed by atoms with Crippen molar-refractivity contribution < 1.29 is 19.4 Å². The number of amides is 2. The number of rotatable bonds is 13. The number of urea groups is 1.